The number of benzene rings is 2. The Bertz CT molecular complexity index is 1140. The maximum absolute atomic E-state index is 13.4. The average Bonchev–Trinajstić information content (AvgIpc) is 3.04. The van der Waals surface area contributed by atoms with Crippen molar-refractivity contribution in [3.05, 3.63) is 89.9 Å². The molecule has 4 rings (SSSR count). The summed E-state index contributed by atoms with van der Waals surface area (Å²) in [4.78, 5) is 32.0. The Morgan fingerprint density at radius 2 is 1.58 bits per heavy atom. The van der Waals surface area contributed by atoms with Gasteiger partial charge in [-0.25, -0.2) is 0 Å². The van der Waals surface area contributed by atoms with Crippen LogP contribution < -0.4 is 14.8 Å². The molecule has 1 N–H and O–H groups in total. The second kappa shape index (κ2) is 8.71. The van der Waals surface area contributed by atoms with E-state index in [1.165, 1.54) is 12.0 Å². The van der Waals surface area contributed by atoms with Crippen LogP contribution in [0.1, 0.15) is 11.1 Å². The summed E-state index contributed by atoms with van der Waals surface area (Å²) in [5.41, 5.74) is 2.49. The molecule has 2 aromatic carbocycles. The molecule has 156 valence electrons. The number of nitrogens with one attached hydrogen (secondary N) is 1. The summed E-state index contributed by atoms with van der Waals surface area (Å²) in [6, 6.07) is 17.8. The highest BCUT2D eigenvalue weighted by atomic mass is 16.5. The number of hydrogen-bond donors (Lipinski definition) is 1. The number of carbonyl (C=O) groups excluding carboxylic acids is 2. The van der Waals surface area contributed by atoms with Crippen molar-refractivity contribution in [2.24, 2.45) is 0 Å². The van der Waals surface area contributed by atoms with E-state index in [1.807, 2.05) is 6.07 Å². The lowest BCUT2D eigenvalue weighted by Crippen LogP contribution is -2.32. The molecule has 2 heterocycles. The molecule has 7 nitrogen and oxygen atoms in total. The van der Waals surface area contributed by atoms with Crippen molar-refractivity contribution < 1.29 is 19.1 Å². The lowest BCUT2D eigenvalue weighted by atomic mass is 10.0. The topological polar surface area (TPSA) is 80.8 Å². The first-order valence-corrected chi connectivity index (χ1v) is 9.66. The average molecular weight is 415 g/mol. The second-order valence-electron chi connectivity index (χ2n) is 6.86. The molecule has 0 fully saturated rings. The van der Waals surface area contributed by atoms with E-state index in [1.54, 1.807) is 74.1 Å². The molecule has 0 saturated carbocycles. The van der Waals surface area contributed by atoms with Gasteiger partial charge in [-0.2, -0.15) is 0 Å². The first-order chi connectivity index (χ1) is 15.1. The SMILES string of the molecule is COc1ccc(NC2=C(c3ccccc3OC)C(=O)N(Cc3ccncc3)C2=O)cc1. The molecule has 0 atom stereocenters. The molecule has 0 saturated heterocycles. The summed E-state index contributed by atoms with van der Waals surface area (Å²) in [6.07, 6.45) is 3.26. The van der Waals surface area contributed by atoms with Crippen LogP contribution in [0.4, 0.5) is 5.69 Å². The normalized spacial score (nSPS) is 13.5. The maximum Gasteiger partial charge on any atom is 0.278 e. The van der Waals surface area contributed by atoms with E-state index >= 15 is 0 Å². The fourth-order valence-corrected chi connectivity index (χ4v) is 3.43. The number of pyridine rings is 1. The van der Waals surface area contributed by atoms with E-state index in [2.05, 4.69) is 10.3 Å². The van der Waals surface area contributed by atoms with Crippen LogP contribution in [0.25, 0.3) is 5.57 Å². The van der Waals surface area contributed by atoms with E-state index < -0.39 is 5.91 Å². The van der Waals surface area contributed by atoms with Gasteiger partial charge in [-0.15, -0.1) is 0 Å². The van der Waals surface area contributed by atoms with Crippen LogP contribution in [0.3, 0.4) is 0 Å². The van der Waals surface area contributed by atoms with Crippen LogP contribution in [-0.2, 0) is 16.1 Å². The third-order valence-electron chi connectivity index (χ3n) is 4.99. The summed E-state index contributed by atoms with van der Waals surface area (Å²) in [7, 11) is 3.12. The highest BCUT2D eigenvalue weighted by Crippen LogP contribution is 2.36. The monoisotopic (exact) mass is 415 g/mol. The number of methoxy groups -OCH3 is 2. The van der Waals surface area contributed by atoms with Crippen molar-refractivity contribution >= 4 is 23.1 Å². The molecule has 0 aliphatic carbocycles. The van der Waals surface area contributed by atoms with Crippen molar-refractivity contribution in [3.8, 4) is 11.5 Å². The van der Waals surface area contributed by atoms with Gasteiger partial charge in [0, 0.05) is 23.6 Å². The Labute approximate surface area is 179 Å². The lowest BCUT2D eigenvalue weighted by Gasteiger charge is -2.15. The van der Waals surface area contributed by atoms with E-state index in [9.17, 15) is 9.59 Å². The Balaban J connectivity index is 1.76. The van der Waals surface area contributed by atoms with Crippen LogP contribution in [0, 0.1) is 0 Å². The van der Waals surface area contributed by atoms with E-state index in [0.29, 0.717) is 22.7 Å². The molecule has 31 heavy (non-hydrogen) atoms. The standard InChI is InChI=1S/C24H21N3O4/c1-30-18-9-7-17(8-10-18)26-22-21(19-5-3-4-6-20(19)31-2)23(28)27(24(22)29)15-16-11-13-25-14-12-16/h3-14,26H,15H2,1-2H3. The van der Waals surface area contributed by atoms with Crippen molar-refractivity contribution in [1.29, 1.82) is 0 Å². The molecular weight excluding hydrogens is 394 g/mol. The largest absolute Gasteiger partial charge is 0.497 e. The minimum Gasteiger partial charge on any atom is -0.497 e. The van der Waals surface area contributed by atoms with Gasteiger partial charge in [0.05, 0.1) is 26.3 Å². The number of hydrogen-bond acceptors (Lipinski definition) is 6. The molecule has 2 amide bonds. The summed E-state index contributed by atoms with van der Waals surface area (Å²) in [5, 5.41) is 3.13. The van der Waals surface area contributed by atoms with Crippen molar-refractivity contribution in [1.82, 2.24) is 9.88 Å². The number of carbonyl (C=O) groups is 2. The third kappa shape index (κ3) is 3.98. The molecule has 0 spiro atoms. The molecule has 1 aromatic heterocycles. The number of rotatable bonds is 7. The summed E-state index contributed by atoms with van der Waals surface area (Å²) < 4.78 is 10.6. The molecule has 0 radical (unpaired) electrons. The Morgan fingerprint density at radius 1 is 0.871 bits per heavy atom. The Morgan fingerprint density at radius 3 is 2.26 bits per heavy atom. The molecule has 0 unspecified atom stereocenters. The molecule has 1 aliphatic heterocycles. The number of nitrogens with zero attached hydrogens (tertiary/aromatic N) is 2. The van der Waals surface area contributed by atoms with Gasteiger partial charge in [0.15, 0.2) is 0 Å². The maximum atomic E-state index is 13.4. The number of imide groups is 1. The van der Waals surface area contributed by atoms with Crippen molar-refractivity contribution in [2.75, 3.05) is 19.5 Å². The van der Waals surface area contributed by atoms with E-state index in [4.69, 9.17) is 9.47 Å². The van der Waals surface area contributed by atoms with Gasteiger partial charge in [-0.05, 0) is 48.0 Å². The number of ether oxygens (including phenoxy) is 2. The minimum atomic E-state index is -0.404. The molecule has 3 aromatic rings. The lowest BCUT2D eigenvalue weighted by molar-refractivity contribution is -0.137. The van der Waals surface area contributed by atoms with Gasteiger partial charge >= 0.3 is 0 Å². The minimum absolute atomic E-state index is 0.145. The Hall–Kier alpha value is -4.13. The number of amides is 2. The van der Waals surface area contributed by atoms with Gasteiger partial charge < -0.3 is 14.8 Å². The highest BCUT2D eigenvalue weighted by molar-refractivity contribution is 6.36. The highest BCUT2D eigenvalue weighted by Gasteiger charge is 2.40. The molecular formula is C24H21N3O4. The van der Waals surface area contributed by atoms with Crippen LogP contribution >= 0.6 is 0 Å². The fourth-order valence-electron chi connectivity index (χ4n) is 3.43. The molecule has 1 aliphatic rings. The fraction of sp³-hybridized carbons (Fsp3) is 0.125. The molecule has 7 heteroatoms. The Kier molecular flexibility index (Phi) is 5.66. The smallest absolute Gasteiger partial charge is 0.278 e. The first kappa shape index (κ1) is 20.2. The van der Waals surface area contributed by atoms with Gasteiger partial charge in [0.25, 0.3) is 11.8 Å². The summed E-state index contributed by atoms with van der Waals surface area (Å²) in [5.74, 6) is 0.414. The summed E-state index contributed by atoms with van der Waals surface area (Å²) in [6.45, 7) is 0.145. The molecule has 0 bridgehead atoms. The van der Waals surface area contributed by atoms with E-state index in [-0.39, 0.29) is 23.7 Å². The zero-order chi connectivity index (χ0) is 21.8. The predicted molar refractivity (Wildman–Crippen MR) is 116 cm³/mol. The van der Waals surface area contributed by atoms with Crippen LogP contribution in [0.2, 0.25) is 0 Å². The number of aromatic nitrogens is 1. The zero-order valence-corrected chi connectivity index (χ0v) is 17.2. The third-order valence-corrected chi connectivity index (χ3v) is 4.99. The van der Waals surface area contributed by atoms with Gasteiger partial charge in [0.2, 0.25) is 0 Å². The zero-order valence-electron chi connectivity index (χ0n) is 17.2. The van der Waals surface area contributed by atoms with Crippen LogP contribution in [0.5, 0.6) is 11.5 Å². The van der Waals surface area contributed by atoms with Crippen LogP contribution in [-0.4, -0.2) is 35.9 Å². The van der Waals surface area contributed by atoms with Gasteiger partial charge in [0.1, 0.15) is 17.2 Å². The second-order valence-corrected chi connectivity index (χ2v) is 6.86. The van der Waals surface area contributed by atoms with E-state index in [0.717, 1.165) is 5.56 Å². The first-order valence-electron chi connectivity index (χ1n) is 9.66. The van der Waals surface area contributed by atoms with Crippen molar-refractivity contribution in [2.45, 2.75) is 6.54 Å². The number of anilines is 1. The van der Waals surface area contributed by atoms with Gasteiger partial charge in [-0.3, -0.25) is 19.5 Å². The van der Waals surface area contributed by atoms with Crippen molar-refractivity contribution in [3.63, 3.8) is 0 Å². The quantitative estimate of drug-likeness (QED) is 0.595. The van der Waals surface area contributed by atoms with Crippen LogP contribution in [0.15, 0.2) is 78.8 Å². The number of para-hydroxylation sites is 1. The predicted octanol–water partition coefficient (Wildman–Crippen LogP) is 3.49. The summed E-state index contributed by atoms with van der Waals surface area (Å²) >= 11 is 0. The van der Waals surface area contributed by atoms with Gasteiger partial charge in [-0.1, -0.05) is 18.2 Å².